The van der Waals surface area contributed by atoms with Crippen molar-refractivity contribution < 1.29 is 9.90 Å². The van der Waals surface area contributed by atoms with Crippen LogP contribution in [0.1, 0.15) is 12.5 Å². The lowest BCUT2D eigenvalue weighted by atomic mass is 10.2. The van der Waals surface area contributed by atoms with Gasteiger partial charge in [0.05, 0.1) is 0 Å². The molecule has 14 heavy (non-hydrogen) atoms. The van der Waals surface area contributed by atoms with Gasteiger partial charge >= 0.3 is 5.97 Å². The molecule has 1 atom stereocenters. The first-order valence-corrected chi connectivity index (χ1v) is 4.49. The van der Waals surface area contributed by atoms with E-state index < -0.39 is 12.0 Å². The van der Waals surface area contributed by atoms with Gasteiger partial charge in [0.25, 0.3) is 0 Å². The highest BCUT2D eigenvalue weighted by molar-refractivity contribution is 6.30. The summed E-state index contributed by atoms with van der Waals surface area (Å²) in [5.41, 5.74) is 0.836. The topological polar surface area (TPSA) is 49.7 Å². The normalized spacial score (nSPS) is 13.0. The van der Waals surface area contributed by atoms with Crippen molar-refractivity contribution >= 4 is 23.8 Å². The fourth-order valence-electron chi connectivity index (χ4n) is 0.810. The molecular formula is C10H10ClNO2. The van der Waals surface area contributed by atoms with Gasteiger partial charge in [0, 0.05) is 11.2 Å². The Hall–Kier alpha value is -1.35. The molecule has 1 rings (SSSR count). The molecule has 0 aliphatic rings. The number of hydrogen-bond acceptors (Lipinski definition) is 2. The van der Waals surface area contributed by atoms with Gasteiger partial charge in [-0.05, 0) is 24.6 Å². The zero-order valence-corrected chi connectivity index (χ0v) is 8.40. The second-order valence-electron chi connectivity index (χ2n) is 2.84. The van der Waals surface area contributed by atoms with E-state index in [2.05, 4.69) is 4.99 Å². The summed E-state index contributed by atoms with van der Waals surface area (Å²) in [5, 5.41) is 9.22. The molecule has 0 aliphatic carbocycles. The number of carbonyl (C=O) groups is 1. The van der Waals surface area contributed by atoms with Gasteiger partial charge in [-0.1, -0.05) is 23.7 Å². The molecule has 0 fully saturated rings. The maximum Gasteiger partial charge on any atom is 0.328 e. The minimum Gasteiger partial charge on any atom is -0.480 e. The molecule has 0 saturated heterocycles. The highest BCUT2D eigenvalue weighted by atomic mass is 35.5. The van der Waals surface area contributed by atoms with Crippen LogP contribution in [0.15, 0.2) is 29.3 Å². The number of carboxylic acids is 1. The summed E-state index contributed by atoms with van der Waals surface area (Å²) in [6, 6.07) is 6.30. The third kappa shape index (κ3) is 3.18. The maximum atomic E-state index is 10.4. The molecule has 0 heterocycles. The van der Waals surface area contributed by atoms with Crippen LogP contribution in [0.2, 0.25) is 5.02 Å². The Morgan fingerprint density at radius 2 is 2.07 bits per heavy atom. The number of aliphatic carboxylic acids is 1. The van der Waals surface area contributed by atoms with Crippen molar-refractivity contribution in [1.29, 1.82) is 0 Å². The minimum atomic E-state index is -0.935. The van der Waals surface area contributed by atoms with E-state index in [1.54, 1.807) is 24.3 Å². The van der Waals surface area contributed by atoms with Crippen molar-refractivity contribution in [2.75, 3.05) is 0 Å². The summed E-state index contributed by atoms with van der Waals surface area (Å²) in [4.78, 5) is 14.3. The molecule has 0 radical (unpaired) electrons. The Bertz CT molecular complexity index is 346. The van der Waals surface area contributed by atoms with E-state index in [0.717, 1.165) is 5.56 Å². The van der Waals surface area contributed by atoms with Crippen LogP contribution in [-0.4, -0.2) is 23.3 Å². The predicted octanol–water partition coefficient (Wildman–Crippen LogP) is 2.23. The number of carboxylic acid groups (broad SMARTS) is 1. The van der Waals surface area contributed by atoms with Crippen molar-refractivity contribution in [2.45, 2.75) is 13.0 Å². The van der Waals surface area contributed by atoms with Crippen LogP contribution in [0.4, 0.5) is 0 Å². The minimum absolute atomic E-state index is 0.647. The molecule has 0 aliphatic heterocycles. The second kappa shape index (κ2) is 4.77. The van der Waals surface area contributed by atoms with Gasteiger partial charge in [-0.25, -0.2) is 4.79 Å². The first-order chi connectivity index (χ1) is 6.59. The first kappa shape index (κ1) is 10.7. The molecule has 0 aromatic heterocycles. The van der Waals surface area contributed by atoms with E-state index in [1.807, 2.05) is 0 Å². The van der Waals surface area contributed by atoms with E-state index in [1.165, 1.54) is 13.1 Å². The third-order valence-corrected chi connectivity index (χ3v) is 1.93. The Balaban J connectivity index is 2.69. The SMILES string of the molecule is C[C@H](N=Cc1ccc(Cl)cc1)C(=O)O. The predicted molar refractivity (Wildman–Crippen MR) is 56.1 cm³/mol. The van der Waals surface area contributed by atoms with Crippen LogP contribution in [0.3, 0.4) is 0 Å². The summed E-state index contributed by atoms with van der Waals surface area (Å²) in [6.07, 6.45) is 1.52. The zero-order valence-electron chi connectivity index (χ0n) is 7.64. The first-order valence-electron chi connectivity index (χ1n) is 4.11. The Morgan fingerprint density at radius 3 is 2.57 bits per heavy atom. The van der Waals surface area contributed by atoms with E-state index >= 15 is 0 Å². The average molecular weight is 212 g/mol. The van der Waals surface area contributed by atoms with Gasteiger partial charge in [-0.2, -0.15) is 0 Å². The monoisotopic (exact) mass is 211 g/mol. The fraction of sp³-hybridized carbons (Fsp3) is 0.200. The van der Waals surface area contributed by atoms with Crippen molar-refractivity contribution in [1.82, 2.24) is 0 Å². The fourth-order valence-corrected chi connectivity index (χ4v) is 0.936. The van der Waals surface area contributed by atoms with Crippen molar-refractivity contribution in [3.05, 3.63) is 34.9 Å². The number of halogens is 1. The molecule has 4 heteroatoms. The van der Waals surface area contributed by atoms with Gasteiger partial charge < -0.3 is 5.11 Å². The van der Waals surface area contributed by atoms with Crippen LogP contribution >= 0.6 is 11.6 Å². The Labute approximate surface area is 87.0 Å². The molecular weight excluding hydrogens is 202 g/mol. The van der Waals surface area contributed by atoms with E-state index in [-0.39, 0.29) is 0 Å². The van der Waals surface area contributed by atoms with E-state index in [4.69, 9.17) is 16.7 Å². The molecule has 0 saturated carbocycles. The van der Waals surface area contributed by atoms with Gasteiger partial charge in [-0.3, -0.25) is 4.99 Å². The lowest BCUT2D eigenvalue weighted by molar-refractivity contribution is -0.137. The number of benzene rings is 1. The molecule has 0 bridgehead atoms. The van der Waals surface area contributed by atoms with Crippen LogP contribution in [0, 0.1) is 0 Å². The maximum absolute atomic E-state index is 10.4. The van der Waals surface area contributed by atoms with E-state index in [0.29, 0.717) is 5.02 Å². The molecule has 0 unspecified atom stereocenters. The summed E-state index contributed by atoms with van der Waals surface area (Å²) < 4.78 is 0. The summed E-state index contributed by atoms with van der Waals surface area (Å²) in [5.74, 6) is -0.935. The van der Waals surface area contributed by atoms with E-state index in [9.17, 15) is 4.79 Å². The van der Waals surface area contributed by atoms with Crippen LogP contribution < -0.4 is 0 Å². The second-order valence-corrected chi connectivity index (χ2v) is 3.28. The quantitative estimate of drug-likeness (QED) is 0.780. The number of rotatable bonds is 3. The molecule has 1 aromatic carbocycles. The lowest BCUT2D eigenvalue weighted by Crippen LogP contribution is -2.12. The van der Waals surface area contributed by atoms with Crippen LogP contribution in [0.25, 0.3) is 0 Å². The molecule has 0 amide bonds. The van der Waals surface area contributed by atoms with Crippen molar-refractivity contribution in [3.8, 4) is 0 Å². The van der Waals surface area contributed by atoms with Crippen molar-refractivity contribution in [3.63, 3.8) is 0 Å². The zero-order chi connectivity index (χ0) is 10.6. The standard InChI is InChI=1S/C10H10ClNO2/c1-7(10(13)14)12-6-8-2-4-9(11)5-3-8/h2-7H,1H3,(H,13,14)/t7-/m0/s1. The summed E-state index contributed by atoms with van der Waals surface area (Å²) in [7, 11) is 0. The van der Waals surface area contributed by atoms with Crippen LogP contribution in [0.5, 0.6) is 0 Å². The molecule has 74 valence electrons. The average Bonchev–Trinajstić information content (AvgIpc) is 2.16. The third-order valence-electron chi connectivity index (χ3n) is 1.67. The van der Waals surface area contributed by atoms with Gasteiger partial charge in [0.1, 0.15) is 6.04 Å². The molecule has 1 aromatic rings. The highest BCUT2D eigenvalue weighted by Gasteiger charge is 2.06. The molecule has 0 spiro atoms. The smallest absolute Gasteiger partial charge is 0.328 e. The molecule has 3 nitrogen and oxygen atoms in total. The van der Waals surface area contributed by atoms with Crippen LogP contribution in [-0.2, 0) is 4.79 Å². The van der Waals surface area contributed by atoms with Gasteiger partial charge in [0.15, 0.2) is 0 Å². The summed E-state index contributed by atoms with van der Waals surface area (Å²) in [6.45, 7) is 1.52. The Kier molecular flexibility index (Phi) is 3.65. The molecule has 1 N–H and O–H groups in total. The number of nitrogens with zero attached hydrogens (tertiary/aromatic N) is 1. The number of aliphatic imine (C=N–C) groups is 1. The van der Waals surface area contributed by atoms with Crippen molar-refractivity contribution in [2.24, 2.45) is 4.99 Å². The number of hydrogen-bond donors (Lipinski definition) is 1. The lowest BCUT2D eigenvalue weighted by Gasteiger charge is -1.97. The Morgan fingerprint density at radius 1 is 1.50 bits per heavy atom. The highest BCUT2D eigenvalue weighted by Crippen LogP contribution is 2.08. The van der Waals surface area contributed by atoms with Gasteiger partial charge in [-0.15, -0.1) is 0 Å². The largest absolute Gasteiger partial charge is 0.480 e. The van der Waals surface area contributed by atoms with Gasteiger partial charge in [0.2, 0.25) is 0 Å². The summed E-state index contributed by atoms with van der Waals surface area (Å²) >= 11 is 5.69.